The van der Waals surface area contributed by atoms with E-state index in [-0.39, 0.29) is 17.7 Å². The first-order valence-electron chi connectivity index (χ1n) is 8.61. The molecule has 0 fully saturated rings. The number of hydrogen-bond acceptors (Lipinski definition) is 3. The van der Waals surface area contributed by atoms with Crippen molar-refractivity contribution in [1.82, 2.24) is 10.2 Å². The molecule has 0 spiro atoms. The van der Waals surface area contributed by atoms with Gasteiger partial charge in [-0.15, -0.1) is 11.3 Å². The summed E-state index contributed by atoms with van der Waals surface area (Å²) in [4.78, 5) is 28.6. The zero-order valence-electron chi connectivity index (χ0n) is 15.3. The van der Waals surface area contributed by atoms with Gasteiger partial charge in [0.05, 0.1) is 6.54 Å². The van der Waals surface area contributed by atoms with Crippen molar-refractivity contribution < 1.29 is 9.59 Å². The van der Waals surface area contributed by atoms with Crippen LogP contribution in [0.25, 0.3) is 0 Å². The molecule has 1 aromatic heterocycles. The second-order valence-electron chi connectivity index (χ2n) is 6.44. The van der Waals surface area contributed by atoms with Crippen LogP contribution in [0.3, 0.4) is 0 Å². The molecule has 2 amide bonds. The van der Waals surface area contributed by atoms with Crippen molar-refractivity contribution in [3.63, 3.8) is 0 Å². The summed E-state index contributed by atoms with van der Waals surface area (Å²) in [5.41, 5.74) is 1.52. The molecule has 0 aliphatic heterocycles. The van der Waals surface area contributed by atoms with Gasteiger partial charge >= 0.3 is 0 Å². The van der Waals surface area contributed by atoms with Crippen molar-refractivity contribution >= 4 is 23.2 Å². The third kappa shape index (κ3) is 4.92. The minimum atomic E-state index is -0.535. The van der Waals surface area contributed by atoms with Crippen LogP contribution in [0, 0.1) is 12.8 Å². The van der Waals surface area contributed by atoms with E-state index in [1.54, 1.807) is 22.3 Å². The first-order valence-corrected chi connectivity index (χ1v) is 9.49. The normalized spacial score (nSPS) is 12.0. The van der Waals surface area contributed by atoms with Crippen LogP contribution in [0.15, 0.2) is 41.8 Å². The Morgan fingerprint density at radius 2 is 1.88 bits per heavy atom. The van der Waals surface area contributed by atoms with Crippen LogP contribution in [0.5, 0.6) is 0 Å². The Morgan fingerprint density at radius 3 is 2.44 bits per heavy atom. The molecular formula is C20H26N2O2S. The van der Waals surface area contributed by atoms with Gasteiger partial charge in [0.25, 0.3) is 5.91 Å². The van der Waals surface area contributed by atoms with Crippen LogP contribution in [0.2, 0.25) is 0 Å². The Hall–Kier alpha value is -2.14. The predicted molar refractivity (Wildman–Crippen MR) is 103 cm³/mol. The Balaban J connectivity index is 2.14. The highest BCUT2D eigenvalue weighted by Gasteiger charge is 2.28. The number of rotatable bonds is 7. The number of carbonyl (C=O) groups excluding carboxylic acids is 2. The lowest BCUT2D eigenvalue weighted by molar-refractivity contribution is -0.134. The van der Waals surface area contributed by atoms with E-state index in [2.05, 4.69) is 5.32 Å². The van der Waals surface area contributed by atoms with Gasteiger partial charge in [-0.2, -0.15) is 0 Å². The number of amides is 2. The fourth-order valence-electron chi connectivity index (χ4n) is 2.69. The van der Waals surface area contributed by atoms with Gasteiger partial charge < -0.3 is 10.2 Å². The fourth-order valence-corrected chi connectivity index (χ4v) is 3.41. The summed E-state index contributed by atoms with van der Waals surface area (Å²) < 4.78 is 0. The third-order valence-electron chi connectivity index (χ3n) is 4.23. The summed E-state index contributed by atoms with van der Waals surface area (Å²) in [5, 5.41) is 4.95. The van der Waals surface area contributed by atoms with Crippen molar-refractivity contribution in [3.05, 3.63) is 57.8 Å². The van der Waals surface area contributed by atoms with Gasteiger partial charge in [-0.25, -0.2) is 0 Å². The molecule has 0 radical (unpaired) electrons. The standard InChI is InChI=1S/C20H26N2O2S/c1-5-22(13-16-10-8-12-25-16)20(24)18(14(2)3)21-19(23)17-11-7-6-9-15(17)4/h6-12,14,18H,5,13H2,1-4H3,(H,21,23). The van der Waals surface area contributed by atoms with Gasteiger partial charge in [-0.3, -0.25) is 9.59 Å². The van der Waals surface area contributed by atoms with Crippen LogP contribution >= 0.6 is 11.3 Å². The monoisotopic (exact) mass is 358 g/mol. The number of aryl methyl sites for hydroxylation is 1. The van der Waals surface area contributed by atoms with Crippen LogP contribution in [0.4, 0.5) is 0 Å². The fraction of sp³-hybridized carbons (Fsp3) is 0.400. The third-order valence-corrected chi connectivity index (χ3v) is 5.09. The summed E-state index contributed by atoms with van der Waals surface area (Å²) in [6.45, 7) is 8.97. The molecule has 1 aromatic carbocycles. The summed E-state index contributed by atoms with van der Waals surface area (Å²) in [5.74, 6) is -0.219. The average Bonchev–Trinajstić information content (AvgIpc) is 3.10. The lowest BCUT2D eigenvalue weighted by atomic mass is 10.0. The Labute approximate surface area is 153 Å². The quantitative estimate of drug-likeness (QED) is 0.817. The molecule has 134 valence electrons. The zero-order valence-corrected chi connectivity index (χ0v) is 16.1. The van der Waals surface area contributed by atoms with Crippen molar-refractivity contribution in [1.29, 1.82) is 0 Å². The van der Waals surface area contributed by atoms with Crippen LogP contribution < -0.4 is 5.32 Å². The molecule has 0 saturated carbocycles. The Bertz CT molecular complexity index is 710. The summed E-state index contributed by atoms with van der Waals surface area (Å²) in [6.07, 6.45) is 0. The highest BCUT2D eigenvalue weighted by molar-refractivity contribution is 7.09. The van der Waals surface area contributed by atoms with Gasteiger partial charge in [0.15, 0.2) is 0 Å². The molecule has 0 bridgehead atoms. The lowest BCUT2D eigenvalue weighted by Crippen LogP contribution is -2.51. The number of thiophene rings is 1. The first-order chi connectivity index (χ1) is 11.9. The molecule has 1 unspecified atom stereocenters. The highest BCUT2D eigenvalue weighted by atomic mass is 32.1. The second kappa shape index (κ2) is 8.81. The molecule has 0 aliphatic rings. The summed E-state index contributed by atoms with van der Waals surface area (Å²) >= 11 is 1.64. The largest absolute Gasteiger partial charge is 0.340 e. The smallest absolute Gasteiger partial charge is 0.252 e. The Morgan fingerprint density at radius 1 is 1.16 bits per heavy atom. The van der Waals surface area contributed by atoms with E-state index in [4.69, 9.17) is 0 Å². The molecule has 0 saturated heterocycles. The van der Waals surface area contributed by atoms with Crippen molar-refractivity contribution in [3.8, 4) is 0 Å². The maximum absolute atomic E-state index is 13.0. The van der Waals surface area contributed by atoms with Gasteiger partial charge in [0.1, 0.15) is 6.04 Å². The van der Waals surface area contributed by atoms with E-state index in [0.29, 0.717) is 18.7 Å². The molecule has 1 heterocycles. The molecule has 0 aliphatic carbocycles. The molecule has 2 aromatic rings. The molecule has 5 heteroatoms. The SMILES string of the molecule is CCN(Cc1cccs1)C(=O)C(NC(=O)c1ccccc1C)C(C)C. The van der Waals surface area contributed by atoms with Gasteiger partial charge in [-0.05, 0) is 42.8 Å². The topological polar surface area (TPSA) is 49.4 Å². The van der Waals surface area contributed by atoms with E-state index < -0.39 is 6.04 Å². The minimum absolute atomic E-state index is 0.0119. The molecule has 4 nitrogen and oxygen atoms in total. The number of benzene rings is 1. The maximum atomic E-state index is 13.0. The van der Waals surface area contributed by atoms with E-state index in [1.807, 2.05) is 63.4 Å². The summed E-state index contributed by atoms with van der Waals surface area (Å²) in [6, 6.07) is 10.9. The highest BCUT2D eigenvalue weighted by Crippen LogP contribution is 2.15. The van der Waals surface area contributed by atoms with E-state index in [1.165, 1.54) is 0 Å². The van der Waals surface area contributed by atoms with Crippen LogP contribution in [0.1, 0.15) is 41.6 Å². The van der Waals surface area contributed by atoms with E-state index in [9.17, 15) is 9.59 Å². The number of nitrogens with zero attached hydrogens (tertiary/aromatic N) is 1. The van der Waals surface area contributed by atoms with Crippen molar-refractivity contribution in [2.75, 3.05) is 6.54 Å². The van der Waals surface area contributed by atoms with E-state index >= 15 is 0 Å². The molecular weight excluding hydrogens is 332 g/mol. The molecule has 1 N–H and O–H groups in total. The number of likely N-dealkylation sites (N-methyl/N-ethyl adjacent to an activating group) is 1. The van der Waals surface area contributed by atoms with E-state index in [0.717, 1.165) is 10.4 Å². The number of hydrogen-bond donors (Lipinski definition) is 1. The Kier molecular flexibility index (Phi) is 6.76. The predicted octanol–water partition coefficient (Wildman–Crippen LogP) is 3.86. The minimum Gasteiger partial charge on any atom is -0.340 e. The maximum Gasteiger partial charge on any atom is 0.252 e. The number of nitrogens with one attached hydrogen (secondary N) is 1. The van der Waals surface area contributed by atoms with Crippen molar-refractivity contribution in [2.24, 2.45) is 5.92 Å². The molecule has 2 rings (SSSR count). The number of carbonyl (C=O) groups is 2. The van der Waals surface area contributed by atoms with Gasteiger partial charge in [0.2, 0.25) is 5.91 Å². The van der Waals surface area contributed by atoms with Crippen LogP contribution in [-0.2, 0) is 11.3 Å². The molecule has 25 heavy (non-hydrogen) atoms. The van der Waals surface area contributed by atoms with Gasteiger partial charge in [0, 0.05) is 17.0 Å². The first kappa shape index (κ1) is 19.2. The van der Waals surface area contributed by atoms with Crippen molar-refractivity contribution in [2.45, 2.75) is 40.3 Å². The zero-order chi connectivity index (χ0) is 18.4. The lowest BCUT2D eigenvalue weighted by Gasteiger charge is -2.29. The second-order valence-corrected chi connectivity index (χ2v) is 7.47. The van der Waals surface area contributed by atoms with Crippen LogP contribution in [-0.4, -0.2) is 29.3 Å². The summed E-state index contributed by atoms with van der Waals surface area (Å²) in [7, 11) is 0. The average molecular weight is 359 g/mol. The molecule has 1 atom stereocenters. The van der Waals surface area contributed by atoms with Gasteiger partial charge in [-0.1, -0.05) is 38.1 Å².